The molecular formula is C24H28ClN3O4S. The number of aliphatic imine (C=N–C) groups is 1. The average molecular weight is 490 g/mol. The maximum absolute atomic E-state index is 13.1. The summed E-state index contributed by atoms with van der Waals surface area (Å²) in [5, 5.41) is 6.13. The lowest BCUT2D eigenvalue weighted by Crippen LogP contribution is -2.39. The van der Waals surface area contributed by atoms with Crippen LogP contribution in [0.4, 0.5) is 0 Å². The number of allylic oxidation sites excluding steroid dienone is 1. The third-order valence-corrected chi connectivity index (χ3v) is 6.89. The molecule has 1 N–H and O–H groups in total. The van der Waals surface area contributed by atoms with Gasteiger partial charge in [0.1, 0.15) is 0 Å². The highest BCUT2D eigenvalue weighted by atomic mass is 35.5. The van der Waals surface area contributed by atoms with Crippen LogP contribution in [-0.2, 0) is 19.1 Å². The number of nitrogens with one attached hydrogen (secondary N) is 1. The molecule has 7 nitrogen and oxygen atoms in total. The van der Waals surface area contributed by atoms with Gasteiger partial charge in [-0.1, -0.05) is 41.6 Å². The fraction of sp³-hybridized carbons (Fsp3) is 0.458. The van der Waals surface area contributed by atoms with Crippen LogP contribution in [0.2, 0.25) is 5.02 Å². The lowest BCUT2D eigenvalue weighted by Gasteiger charge is -2.36. The molecule has 9 heteroatoms. The van der Waals surface area contributed by atoms with Gasteiger partial charge in [-0.3, -0.25) is 4.79 Å². The molecule has 0 aromatic heterocycles. The Hall–Kier alpha value is -2.29. The molecule has 3 heterocycles. The number of thioether (sulfide) groups is 1. The molecule has 176 valence electrons. The van der Waals surface area contributed by atoms with Crippen molar-refractivity contribution in [3.63, 3.8) is 0 Å². The normalized spacial score (nSPS) is 22.3. The number of ether oxygens (including phenoxy) is 2. The van der Waals surface area contributed by atoms with Crippen LogP contribution in [-0.4, -0.2) is 47.3 Å². The highest BCUT2D eigenvalue weighted by Crippen LogP contribution is 2.46. The van der Waals surface area contributed by atoms with Gasteiger partial charge in [0.2, 0.25) is 5.91 Å². The molecule has 0 radical (unpaired) electrons. The van der Waals surface area contributed by atoms with E-state index < -0.39 is 12.0 Å². The van der Waals surface area contributed by atoms with Crippen molar-refractivity contribution in [2.24, 2.45) is 4.99 Å². The van der Waals surface area contributed by atoms with Crippen LogP contribution in [0.5, 0.6) is 0 Å². The number of rotatable bonds is 7. The van der Waals surface area contributed by atoms with Gasteiger partial charge >= 0.3 is 5.97 Å². The van der Waals surface area contributed by atoms with Crippen molar-refractivity contribution in [1.29, 1.82) is 0 Å². The number of halogens is 1. The number of carbonyl (C=O) groups is 2. The molecule has 1 aromatic rings. The summed E-state index contributed by atoms with van der Waals surface area (Å²) in [5.41, 5.74) is 2.53. The Morgan fingerprint density at radius 1 is 1.36 bits per heavy atom. The van der Waals surface area contributed by atoms with E-state index in [1.54, 1.807) is 13.0 Å². The van der Waals surface area contributed by atoms with E-state index >= 15 is 0 Å². The number of fused-ring (bicyclic) bond motifs is 1. The Bertz CT molecular complexity index is 1030. The fourth-order valence-corrected chi connectivity index (χ4v) is 5.36. The molecule has 3 aliphatic heterocycles. The molecule has 1 aromatic carbocycles. The molecule has 1 saturated heterocycles. The lowest BCUT2D eigenvalue weighted by molar-refractivity contribution is -0.143. The number of nitrogens with zero attached hydrogens (tertiary/aromatic N) is 2. The maximum Gasteiger partial charge on any atom is 0.338 e. The minimum atomic E-state index is -0.537. The summed E-state index contributed by atoms with van der Waals surface area (Å²) in [5.74, 6) is -0.539. The van der Waals surface area contributed by atoms with Crippen molar-refractivity contribution in [1.82, 2.24) is 10.2 Å². The van der Waals surface area contributed by atoms with Crippen molar-refractivity contribution < 1.29 is 19.1 Å². The molecule has 0 unspecified atom stereocenters. The van der Waals surface area contributed by atoms with E-state index in [9.17, 15) is 9.59 Å². The van der Waals surface area contributed by atoms with E-state index in [0.29, 0.717) is 28.0 Å². The van der Waals surface area contributed by atoms with Crippen LogP contribution in [0.25, 0.3) is 0 Å². The first-order valence-electron chi connectivity index (χ1n) is 11.1. The van der Waals surface area contributed by atoms with Gasteiger partial charge in [-0.2, -0.15) is 0 Å². The molecule has 0 bridgehead atoms. The molecule has 0 saturated carbocycles. The summed E-state index contributed by atoms with van der Waals surface area (Å²) in [6.45, 7) is 6.67. The van der Waals surface area contributed by atoms with Crippen molar-refractivity contribution in [3.8, 4) is 0 Å². The maximum atomic E-state index is 13.1. The van der Waals surface area contributed by atoms with Crippen molar-refractivity contribution in [2.75, 3.05) is 13.2 Å². The minimum Gasteiger partial charge on any atom is -0.459 e. The van der Waals surface area contributed by atoms with Crippen molar-refractivity contribution >= 4 is 40.4 Å². The summed E-state index contributed by atoms with van der Waals surface area (Å²) < 4.78 is 11.2. The number of hydrogen-bond acceptors (Lipinski definition) is 7. The molecule has 4 rings (SSSR count). The summed E-state index contributed by atoms with van der Waals surface area (Å²) in [7, 11) is 0. The van der Waals surface area contributed by atoms with Gasteiger partial charge < -0.3 is 19.7 Å². The smallest absolute Gasteiger partial charge is 0.338 e. The second-order valence-electron chi connectivity index (χ2n) is 8.48. The first kappa shape index (κ1) is 23.9. The molecule has 1 amide bonds. The summed E-state index contributed by atoms with van der Waals surface area (Å²) in [6.07, 6.45) is 1.94. The number of amidine groups is 1. The molecular weight excluding hydrogens is 462 g/mol. The first-order chi connectivity index (χ1) is 15.8. The number of esters is 1. The van der Waals surface area contributed by atoms with Gasteiger partial charge in [-0.15, -0.1) is 0 Å². The predicted octanol–water partition coefficient (Wildman–Crippen LogP) is 4.55. The van der Waals surface area contributed by atoms with Crippen molar-refractivity contribution in [2.45, 2.75) is 58.3 Å². The van der Waals surface area contributed by atoms with E-state index in [1.165, 1.54) is 11.8 Å². The second-order valence-corrected chi connectivity index (χ2v) is 9.73. The predicted molar refractivity (Wildman–Crippen MR) is 130 cm³/mol. The molecule has 0 aliphatic carbocycles. The minimum absolute atomic E-state index is 0.0758. The third-order valence-electron chi connectivity index (χ3n) is 5.66. The van der Waals surface area contributed by atoms with Gasteiger partial charge in [-0.05, 0) is 50.7 Å². The van der Waals surface area contributed by atoms with E-state index in [-0.39, 0.29) is 24.5 Å². The van der Waals surface area contributed by atoms with Gasteiger partial charge in [0, 0.05) is 23.9 Å². The van der Waals surface area contributed by atoms with Gasteiger partial charge in [-0.25, -0.2) is 9.79 Å². The van der Waals surface area contributed by atoms with E-state index in [2.05, 4.69) is 10.3 Å². The monoisotopic (exact) mass is 489 g/mol. The van der Waals surface area contributed by atoms with Crippen LogP contribution >= 0.6 is 23.4 Å². The standard InChI is InChI=1S/C24H28ClN3O4S/c1-14(2)32-23(30)21-15(3)27-24-28(22(21)18-8-4-5-9-19(18)25)16(13-33-24)11-20(29)26-12-17-7-6-10-31-17/h4-5,8-9,13-14,17,22H,6-7,10-12H2,1-3H3,(H,26,29)/t17-,22+/m0/s1. The summed E-state index contributed by atoms with van der Waals surface area (Å²) >= 11 is 8.02. The largest absolute Gasteiger partial charge is 0.459 e. The Morgan fingerprint density at radius 2 is 2.15 bits per heavy atom. The number of amides is 1. The van der Waals surface area contributed by atoms with Gasteiger partial charge in [0.15, 0.2) is 5.17 Å². The fourth-order valence-electron chi connectivity index (χ4n) is 4.16. The lowest BCUT2D eigenvalue weighted by atomic mass is 9.93. The Morgan fingerprint density at radius 3 is 2.85 bits per heavy atom. The molecule has 33 heavy (non-hydrogen) atoms. The van der Waals surface area contributed by atoms with Crippen LogP contribution in [0.15, 0.2) is 51.6 Å². The van der Waals surface area contributed by atoms with Crippen LogP contribution in [0.1, 0.15) is 51.6 Å². The van der Waals surface area contributed by atoms with Gasteiger partial charge in [0.05, 0.1) is 35.9 Å². The number of carbonyl (C=O) groups excluding carboxylic acids is 2. The summed E-state index contributed by atoms with van der Waals surface area (Å²) in [6, 6.07) is 6.88. The molecule has 3 aliphatic rings. The molecule has 2 atom stereocenters. The number of hydrogen-bond donors (Lipinski definition) is 1. The Labute approximate surface area is 203 Å². The topological polar surface area (TPSA) is 80.2 Å². The van der Waals surface area contributed by atoms with Gasteiger partial charge in [0.25, 0.3) is 0 Å². The SMILES string of the molecule is CC1=C(C(=O)OC(C)C)[C@@H](c2ccccc2Cl)N2C(CC(=O)NC[C@@H]3CCCO3)=CSC2=N1. The molecule has 0 spiro atoms. The van der Waals surface area contributed by atoms with E-state index in [4.69, 9.17) is 21.1 Å². The third kappa shape index (κ3) is 5.28. The highest BCUT2D eigenvalue weighted by Gasteiger charge is 2.42. The van der Waals surface area contributed by atoms with Crippen molar-refractivity contribution in [3.05, 3.63) is 57.2 Å². The Balaban J connectivity index is 1.62. The number of benzene rings is 1. The zero-order valence-electron chi connectivity index (χ0n) is 19.0. The van der Waals surface area contributed by atoms with Crippen LogP contribution < -0.4 is 5.32 Å². The average Bonchev–Trinajstić information content (AvgIpc) is 3.41. The van der Waals surface area contributed by atoms with E-state index in [0.717, 1.165) is 30.7 Å². The zero-order valence-corrected chi connectivity index (χ0v) is 20.5. The summed E-state index contributed by atoms with van der Waals surface area (Å²) in [4.78, 5) is 32.5. The first-order valence-corrected chi connectivity index (χ1v) is 12.4. The van der Waals surface area contributed by atoms with Crippen LogP contribution in [0, 0.1) is 0 Å². The highest BCUT2D eigenvalue weighted by molar-refractivity contribution is 8.16. The zero-order chi connectivity index (χ0) is 23.5. The van der Waals surface area contributed by atoms with E-state index in [1.807, 2.05) is 42.4 Å². The molecule has 1 fully saturated rings. The quantitative estimate of drug-likeness (QED) is 0.566. The second kappa shape index (κ2) is 10.3. The van der Waals surface area contributed by atoms with Crippen LogP contribution in [0.3, 0.4) is 0 Å². The Kier molecular flexibility index (Phi) is 7.46.